The highest BCUT2D eigenvalue weighted by Crippen LogP contribution is 2.33. The summed E-state index contributed by atoms with van der Waals surface area (Å²) >= 11 is 1.40. The molecule has 134 valence electrons. The van der Waals surface area contributed by atoms with Crippen LogP contribution in [0.1, 0.15) is 43.7 Å². The van der Waals surface area contributed by atoms with Crippen LogP contribution in [0.2, 0.25) is 0 Å². The van der Waals surface area contributed by atoms with Crippen molar-refractivity contribution in [1.82, 2.24) is 15.1 Å². The Morgan fingerprint density at radius 1 is 1.40 bits per heavy atom. The molecule has 2 N–H and O–H groups in total. The maximum Gasteiger partial charge on any atom is 0.323 e. The summed E-state index contributed by atoms with van der Waals surface area (Å²) in [4.78, 5) is 14.0. The van der Waals surface area contributed by atoms with Crippen molar-refractivity contribution in [3.05, 3.63) is 40.9 Å². The highest BCUT2D eigenvalue weighted by Gasteiger charge is 2.40. The Hall–Kier alpha value is -1.99. The van der Waals surface area contributed by atoms with Crippen molar-refractivity contribution < 1.29 is 9.90 Å². The van der Waals surface area contributed by atoms with Gasteiger partial charge in [-0.15, -0.1) is 10.2 Å². The third kappa shape index (κ3) is 3.82. The number of aromatic nitrogens is 2. The van der Waals surface area contributed by atoms with Gasteiger partial charge in [0.2, 0.25) is 5.13 Å². The zero-order chi connectivity index (χ0) is 18.0. The standard InChI is InChI=1S/C18H24N4O2S/c1-4-13(12-8-6-5-7-9-12)15-20-21-16(25-15)19-17(24)22-10-14(23)18(2,3)11-22/h5-9,13-14,23H,4,10-11H2,1-3H3,(H,19,21,24). The van der Waals surface area contributed by atoms with Gasteiger partial charge in [-0.3, -0.25) is 5.32 Å². The molecule has 2 unspecified atom stereocenters. The Morgan fingerprint density at radius 3 is 2.72 bits per heavy atom. The third-order valence-electron chi connectivity index (χ3n) is 4.74. The number of anilines is 1. The van der Waals surface area contributed by atoms with Gasteiger partial charge in [0, 0.05) is 24.4 Å². The lowest BCUT2D eigenvalue weighted by atomic mass is 9.90. The first kappa shape index (κ1) is 17.8. The predicted molar refractivity (Wildman–Crippen MR) is 98.9 cm³/mol. The fraction of sp³-hybridized carbons (Fsp3) is 0.500. The molecule has 2 heterocycles. The van der Waals surface area contributed by atoms with E-state index in [9.17, 15) is 9.90 Å². The summed E-state index contributed by atoms with van der Waals surface area (Å²) in [7, 11) is 0. The molecule has 1 aliphatic rings. The minimum Gasteiger partial charge on any atom is -0.391 e. The number of carbonyl (C=O) groups excluding carboxylic acids is 1. The van der Waals surface area contributed by atoms with Crippen molar-refractivity contribution in [3.63, 3.8) is 0 Å². The van der Waals surface area contributed by atoms with Crippen molar-refractivity contribution in [2.24, 2.45) is 5.41 Å². The Balaban J connectivity index is 1.68. The number of aliphatic hydroxyl groups excluding tert-OH is 1. The van der Waals surface area contributed by atoms with Crippen LogP contribution < -0.4 is 5.32 Å². The average molecular weight is 360 g/mol. The fourth-order valence-electron chi connectivity index (χ4n) is 3.11. The number of amides is 2. The second kappa shape index (κ2) is 7.09. The normalized spacial score (nSPS) is 20.5. The van der Waals surface area contributed by atoms with Crippen LogP contribution >= 0.6 is 11.3 Å². The molecule has 0 bridgehead atoms. The van der Waals surface area contributed by atoms with Crippen molar-refractivity contribution in [1.29, 1.82) is 0 Å². The topological polar surface area (TPSA) is 78.4 Å². The number of nitrogens with one attached hydrogen (secondary N) is 1. The summed E-state index contributed by atoms with van der Waals surface area (Å²) in [5.74, 6) is 0.178. The molecule has 0 radical (unpaired) electrons. The van der Waals surface area contributed by atoms with Crippen LogP contribution in [0.15, 0.2) is 30.3 Å². The highest BCUT2D eigenvalue weighted by molar-refractivity contribution is 7.15. The molecule has 1 aromatic carbocycles. The quantitative estimate of drug-likeness (QED) is 0.877. The molecule has 3 rings (SSSR count). The molecule has 2 amide bonds. The molecule has 6 nitrogen and oxygen atoms in total. The fourth-order valence-corrected chi connectivity index (χ4v) is 4.05. The van der Waals surface area contributed by atoms with Crippen LogP contribution in [0, 0.1) is 5.41 Å². The molecule has 2 aromatic rings. The SMILES string of the molecule is CCC(c1ccccc1)c1nnc(NC(=O)N2CC(O)C(C)(C)C2)s1. The molecule has 1 fully saturated rings. The van der Waals surface area contributed by atoms with Crippen LogP contribution in [-0.4, -0.2) is 45.4 Å². The number of hydrogen-bond donors (Lipinski definition) is 2. The monoisotopic (exact) mass is 360 g/mol. The van der Waals surface area contributed by atoms with Gasteiger partial charge in [-0.1, -0.05) is 62.4 Å². The van der Waals surface area contributed by atoms with Gasteiger partial charge < -0.3 is 10.0 Å². The van der Waals surface area contributed by atoms with Crippen LogP contribution in [0.5, 0.6) is 0 Å². The number of β-amino-alcohol motifs (C(OH)–C–C–N with tert-alkyl or cyclic N) is 1. The van der Waals surface area contributed by atoms with Crippen molar-refractivity contribution in [2.75, 3.05) is 18.4 Å². The maximum absolute atomic E-state index is 12.4. The van der Waals surface area contributed by atoms with Gasteiger partial charge in [-0.25, -0.2) is 4.79 Å². The lowest BCUT2D eigenvalue weighted by molar-refractivity contribution is 0.0957. The van der Waals surface area contributed by atoms with E-state index in [1.165, 1.54) is 16.9 Å². The smallest absolute Gasteiger partial charge is 0.323 e. The Bertz CT molecular complexity index is 732. The first-order valence-electron chi connectivity index (χ1n) is 8.53. The van der Waals surface area contributed by atoms with E-state index in [2.05, 4.69) is 34.6 Å². The molecule has 7 heteroatoms. The summed E-state index contributed by atoms with van der Waals surface area (Å²) in [6.45, 7) is 6.89. The molecule has 1 aliphatic heterocycles. The highest BCUT2D eigenvalue weighted by atomic mass is 32.1. The Morgan fingerprint density at radius 2 is 2.12 bits per heavy atom. The number of hydrogen-bond acceptors (Lipinski definition) is 5. The molecule has 0 aliphatic carbocycles. The first-order valence-corrected chi connectivity index (χ1v) is 9.34. The number of carbonyl (C=O) groups is 1. The molecule has 0 spiro atoms. The zero-order valence-electron chi connectivity index (χ0n) is 14.8. The number of benzene rings is 1. The maximum atomic E-state index is 12.4. The molecule has 2 atom stereocenters. The van der Waals surface area contributed by atoms with Gasteiger partial charge in [-0.05, 0) is 12.0 Å². The Kier molecular flexibility index (Phi) is 5.06. The van der Waals surface area contributed by atoms with E-state index in [0.29, 0.717) is 18.2 Å². The number of aliphatic hydroxyl groups is 1. The second-order valence-electron chi connectivity index (χ2n) is 7.13. The van der Waals surface area contributed by atoms with Crippen LogP contribution in [0.3, 0.4) is 0 Å². The van der Waals surface area contributed by atoms with Crippen molar-refractivity contribution in [3.8, 4) is 0 Å². The summed E-state index contributed by atoms with van der Waals surface area (Å²) in [6, 6.07) is 9.96. The van der Waals surface area contributed by atoms with E-state index < -0.39 is 6.10 Å². The number of likely N-dealkylation sites (tertiary alicyclic amines) is 1. The van der Waals surface area contributed by atoms with Crippen LogP contribution in [0.25, 0.3) is 0 Å². The van der Waals surface area contributed by atoms with E-state index in [-0.39, 0.29) is 17.4 Å². The molecular weight excluding hydrogens is 336 g/mol. The van der Waals surface area contributed by atoms with Crippen LogP contribution in [0.4, 0.5) is 9.93 Å². The first-order chi connectivity index (χ1) is 11.9. The number of urea groups is 1. The van der Waals surface area contributed by atoms with Gasteiger partial charge in [0.25, 0.3) is 0 Å². The predicted octanol–water partition coefficient (Wildman–Crippen LogP) is 3.31. The van der Waals surface area contributed by atoms with Gasteiger partial charge in [0.05, 0.1) is 6.10 Å². The number of rotatable bonds is 4. The third-order valence-corrected chi connectivity index (χ3v) is 5.70. The zero-order valence-corrected chi connectivity index (χ0v) is 15.6. The summed E-state index contributed by atoms with van der Waals surface area (Å²) < 4.78 is 0. The Labute approximate surface area is 151 Å². The molecule has 1 aromatic heterocycles. The lowest BCUT2D eigenvalue weighted by Gasteiger charge is -2.20. The van der Waals surface area contributed by atoms with Gasteiger partial charge in [0.15, 0.2) is 0 Å². The van der Waals surface area contributed by atoms with Gasteiger partial charge in [-0.2, -0.15) is 0 Å². The van der Waals surface area contributed by atoms with E-state index in [0.717, 1.165) is 11.4 Å². The molecule has 1 saturated heterocycles. The summed E-state index contributed by atoms with van der Waals surface area (Å²) in [5.41, 5.74) is 0.910. The van der Waals surface area contributed by atoms with E-state index in [1.807, 2.05) is 32.0 Å². The second-order valence-corrected chi connectivity index (χ2v) is 8.14. The van der Waals surface area contributed by atoms with Crippen LogP contribution in [-0.2, 0) is 0 Å². The van der Waals surface area contributed by atoms with E-state index in [1.54, 1.807) is 4.90 Å². The van der Waals surface area contributed by atoms with Crippen molar-refractivity contribution >= 4 is 22.5 Å². The number of nitrogens with zero attached hydrogens (tertiary/aromatic N) is 3. The van der Waals surface area contributed by atoms with E-state index >= 15 is 0 Å². The summed E-state index contributed by atoms with van der Waals surface area (Å²) in [5, 5.41) is 22.6. The summed E-state index contributed by atoms with van der Waals surface area (Å²) in [6.07, 6.45) is 0.407. The van der Waals surface area contributed by atoms with Gasteiger partial charge >= 0.3 is 6.03 Å². The largest absolute Gasteiger partial charge is 0.391 e. The lowest BCUT2D eigenvalue weighted by Crippen LogP contribution is -2.34. The minimum absolute atomic E-state index is 0.178. The molecule has 0 saturated carbocycles. The van der Waals surface area contributed by atoms with Crippen molar-refractivity contribution in [2.45, 2.75) is 39.2 Å². The minimum atomic E-state index is -0.509. The van der Waals surface area contributed by atoms with E-state index in [4.69, 9.17) is 0 Å². The molecular formula is C18H24N4O2S. The average Bonchev–Trinajstić information content (AvgIpc) is 3.14. The molecule has 25 heavy (non-hydrogen) atoms. The van der Waals surface area contributed by atoms with Gasteiger partial charge in [0.1, 0.15) is 5.01 Å².